The maximum atomic E-state index is 5.86. The molecule has 0 saturated heterocycles. The van der Waals surface area contributed by atoms with Crippen LogP contribution < -0.4 is 5.73 Å². The summed E-state index contributed by atoms with van der Waals surface area (Å²) in [6.45, 7) is 3.32. The fourth-order valence-electron chi connectivity index (χ4n) is 3.44. The predicted octanol–water partition coefficient (Wildman–Crippen LogP) is 4.06. The molecule has 0 radical (unpaired) electrons. The van der Waals surface area contributed by atoms with Crippen LogP contribution in [0.15, 0.2) is 30.3 Å². The van der Waals surface area contributed by atoms with E-state index in [1.54, 1.807) is 0 Å². The van der Waals surface area contributed by atoms with Gasteiger partial charge in [-0.2, -0.15) is 0 Å². The van der Waals surface area contributed by atoms with Crippen molar-refractivity contribution in [2.24, 2.45) is 5.73 Å². The quantitative estimate of drug-likeness (QED) is 0.801. The first kappa shape index (κ1) is 15.5. The standard InChI is InChI=1S/C17H26N2S/c1-2-19(15-11-7-4-8-12-15)16(13-17(18)20)14-9-5-3-6-10-14/h3,5-6,9-10,15-16H,2,4,7-8,11-13H2,1H3,(H2,18,20). The Morgan fingerprint density at radius 1 is 1.25 bits per heavy atom. The Kier molecular flexibility index (Phi) is 5.99. The molecule has 20 heavy (non-hydrogen) atoms. The maximum Gasteiger partial charge on any atom is 0.0746 e. The summed E-state index contributed by atoms with van der Waals surface area (Å²) >= 11 is 5.19. The molecule has 1 atom stereocenters. The largest absolute Gasteiger partial charge is 0.393 e. The van der Waals surface area contributed by atoms with Crippen LogP contribution in [0.2, 0.25) is 0 Å². The number of hydrogen-bond acceptors (Lipinski definition) is 2. The molecule has 1 saturated carbocycles. The third-order valence-electron chi connectivity index (χ3n) is 4.39. The number of hydrogen-bond donors (Lipinski definition) is 1. The third kappa shape index (κ3) is 4.03. The molecule has 1 aliphatic rings. The monoisotopic (exact) mass is 290 g/mol. The van der Waals surface area contributed by atoms with Gasteiger partial charge in [0, 0.05) is 18.5 Å². The van der Waals surface area contributed by atoms with Crippen LogP contribution in [0.5, 0.6) is 0 Å². The molecule has 0 amide bonds. The van der Waals surface area contributed by atoms with Crippen molar-refractivity contribution in [1.82, 2.24) is 4.90 Å². The molecule has 1 aliphatic carbocycles. The van der Waals surface area contributed by atoms with E-state index < -0.39 is 0 Å². The Morgan fingerprint density at radius 3 is 2.45 bits per heavy atom. The lowest BCUT2D eigenvalue weighted by atomic mass is 9.91. The second-order valence-corrected chi connectivity index (χ2v) is 6.24. The van der Waals surface area contributed by atoms with Gasteiger partial charge in [0.1, 0.15) is 0 Å². The van der Waals surface area contributed by atoms with Gasteiger partial charge in [0.2, 0.25) is 0 Å². The van der Waals surface area contributed by atoms with Crippen LogP contribution in [0.1, 0.15) is 57.1 Å². The first-order valence-corrected chi connectivity index (χ1v) is 8.22. The molecule has 1 aromatic rings. The molecule has 110 valence electrons. The number of nitrogens with two attached hydrogens (primary N) is 1. The molecule has 1 unspecified atom stereocenters. The summed E-state index contributed by atoms with van der Waals surface area (Å²) in [4.78, 5) is 3.24. The Balaban J connectivity index is 2.20. The van der Waals surface area contributed by atoms with Crippen LogP contribution in [-0.2, 0) is 0 Å². The highest BCUT2D eigenvalue weighted by Gasteiger charge is 2.27. The summed E-state index contributed by atoms with van der Waals surface area (Å²) in [5, 5.41) is 0. The number of thiocarbonyl (C=S) groups is 1. The van der Waals surface area contributed by atoms with E-state index in [0.29, 0.717) is 17.1 Å². The molecule has 1 aromatic carbocycles. The van der Waals surface area contributed by atoms with E-state index in [9.17, 15) is 0 Å². The van der Waals surface area contributed by atoms with Crippen molar-refractivity contribution in [3.63, 3.8) is 0 Å². The first-order valence-electron chi connectivity index (χ1n) is 7.81. The predicted molar refractivity (Wildman–Crippen MR) is 89.8 cm³/mol. The minimum atomic E-state index is 0.335. The topological polar surface area (TPSA) is 29.3 Å². The van der Waals surface area contributed by atoms with Gasteiger partial charge in [-0.3, -0.25) is 4.90 Å². The average molecular weight is 290 g/mol. The van der Waals surface area contributed by atoms with Crippen molar-refractivity contribution in [3.05, 3.63) is 35.9 Å². The second kappa shape index (κ2) is 7.75. The highest BCUT2D eigenvalue weighted by atomic mass is 32.1. The van der Waals surface area contributed by atoms with Crippen molar-refractivity contribution in [2.75, 3.05) is 6.54 Å². The Hall–Kier alpha value is -0.930. The molecule has 2 rings (SSSR count). The summed E-state index contributed by atoms with van der Waals surface area (Å²) in [5.74, 6) is 0. The van der Waals surface area contributed by atoms with Crippen molar-refractivity contribution in [2.45, 2.75) is 57.5 Å². The highest BCUT2D eigenvalue weighted by molar-refractivity contribution is 7.80. The summed E-state index contributed by atoms with van der Waals surface area (Å²) in [7, 11) is 0. The molecule has 3 heteroatoms. The van der Waals surface area contributed by atoms with E-state index in [2.05, 4.69) is 42.2 Å². The molecular weight excluding hydrogens is 264 g/mol. The van der Waals surface area contributed by atoms with Gasteiger partial charge >= 0.3 is 0 Å². The van der Waals surface area contributed by atoms with Crippen molar-refractivity contribution < 1.29 is 0 Å². The van der Waals surface area contributed by atoms with Gasteiger partial charge in [-0.05, 0) is 24.9 Å². The van der Waals surface area contributed by atoms with E-state index in [1.807, 2.05) is 0 Å². The third-order valence-corrected chi connectivity index (χ3v) is 4.55. The van der Waals surface area contributed by atoms with Gasteiger partial charge in [0.25, 0.3) is 0 Å². The molecule has 2 N–H and O–H groups in total. The summed E-state index contributed by atoms with van der Waals surface area (Å²) in [5.41, 5.74) is 7.20. The molecule has 0 heterocycles. The number of nitrogens with zero attached hydrogens (tertiary/aromatic N) is 1. The minimum absolute atomic E-state index is 0.335. The van der Waals surface area contributed by atoms with Gasteiger partial charge in [-0.1, -0.05) is 68.7 Å². The van der Waals surface area contributed by atoms with E-state index >= 15 is 0 Å². The van der Waals surface area contributed by atoms with Crippen molar-refractivity contribution >= 4 is 17.2 Å². The summed E-state index contributed by atoms with van der Waals surface area (Å²) < 4.78 is 0. The van der Waals surface area contributed by atoms with Crippen LogP contribution >= 0.6 is 12.2 Å². The fourth-order valence-corrected chi connectivity index (χ4v) is 3.60. The van der Waals surface area contributed by atoms with Crippen LogP contribution in [0.3, 0.4) is 0 Å². The minimum Gasteiger partial charge on any atom is -0.393 e. The van der Waals surface area contributed by atoms with Crippen LogP contribution in [0.25, 0.3) is 0 Å². The SMILES string of the molecule is CCN(C1CCCCC1)C(CC(N)=S)c1ccccc1. The average Bonchev–Trinajstić information content (AvgIpc) is 2.49. The lowest BCUT2D eigenvalue weighted by Crippen LogP contribution is -2.40. The molecule has 2 nitrogen and oxygen atoms in total. The Labute approximate surface area is 128 Å². The van der Waals surface area contributed by atoms with Crippen molar-refractivity contribution in [3.8, 4) is 0 Å². The Morgan fingerprint density at radius 2 is 1.90 bits per heavy atom. The summed E-state index contributed by atoms with van der Waals surface area (Å²) in [6, 6.07) is 11.7. The van der Waals surface area contributed by atoms with Gasteiger partial charge in [0.15, 0.2) is 0 Å². The summed E-state index contributed by atoms with van der Waals surface area (Å²) in [6.07, 6.45) is 7.51. The Bertz CT molecular complexity index is 412. The second-order valence-electron chi connectivity index (χ2n) is 5.72. The zero-order chi connectivity index (χ0) is 14.4. The first-order chi connectivity index (χ1) is 9.72. The molecule has 1 fully saturated rings. The van der Waals surface area contributed by atoms with Gasteiger partial charge in [-0.25, -0.2) is 0 Å². The smallest absolute Gasteiger partial charge is 0.0746 e. The molecule has 0 aromatic heterocycles. The van der Waals surface area contributed by atoms with Crippen LogP contribution in [-0.4, -0.2) is 22.5 Å². The van der Waals surface area contributed by atoms with E-state index in [-0.39, 0.29) is 0 Å². The van der Waals surface area contributed by atoms with E-state index in [1.165, 1.54) is 37.7 Å². The fraction of sp³-hybridized carbons (Fsp3) is 0.588. The molecular formula is C17H26N2S. The molecule has 0 bridgehead atoms. The van der Waals surface area contributed by atoms with Gasteiger partial charge in [0.05, 0.1) is 4.99 Å². The number of benzene rings is 1. The highest BCUT2D eigenvalue weighted by Crippen LogP contribution is 2.32. The maximum absolute atomic E-state index is 5.86. The lowest BCUT2D eigenvalue weighted by Gasteiger charge is -2.39. The van der Waals surface area contributed by atoms with Gasteiger partial charge in [-0.15, -0.1) is 0 Å². The molecule has 0 aliphatic heterocycles. The zero-order valence-electron chi connectivity index (χ0n) is 12.4. The van der Waals surface area contributed by atoms with Gasteiger partial charge < -0.3 is 5.73 Å². The lowest BCUT2D eigenvalue weighted by molar-refractivity contribution is 0.113. The normalized spacial score (nSPS) is 18.1. The van der Waals surface area contributed by atoms with E-state index in [4.69, 9.17) is 18.0 Å². The zero-order valence-corrected chi connectivity index (χ0v) is 13.2. The van der Waals surface area contributed by atoms with Crippen LogP contribution in [0, 0.1) is 0 Å². The van der Waals surface area contributed by atoms with Crippen molar-refractivity contribution in [1.29, 1.82) is 0 Å². The van der Waals surface area contributed by atoms with Crippen LogP contribution in [0.4, 0.5) is 0 Å². The molecule has 0 spiro atoms. The van der Waals surface area contributed by atoms with E-state index in [0.717, 1.165) is 13.0 Å². The number of rotatable bonds is 6.